The Morgan fingerprint density at radius 1 is 1.30 bits per heavy atom. The van der Waals surface area contributed by atoms with Crippen LogP contribution in [0.1, 0.15) is 25.0 Å². The highest BCUT2D eigenvalue weighted by Gasteiger charge is 2.22. The van der Waals surface area contributed by atoms with Crippen molar-refractivity contribution in [3.63, 3.8) is 0 Å². The summed E-state index contributed by atoms with van der Waals surface area (Å²) in [5.41, 5.74) is 2.20. The number of amides is 2. The molecule has 0 aliphatic heterocycles. The van der Waals surface area contributed by atoms with Crippen LogP contribution in [-0.2, 0) is 11.3 Å². The minimum atomic E-state index is -0.917. The van der Waals surface area contributed by atoms with Crippen LogP contribution in [0.25, 0.3) is 0 Å². The lowest BCUT2D eigenvalue weighted by Gasteiger charge is -2.23. The van der Waals surface area contributed by atoms with Crippen molar-refractivity contribution >= 4 is 12.0 Å². The molecule has 0 fully saturated rings. The number of aliphatic carboxylic acids is 1. The second kappa shape index (κ2) is 6.93. The van der Waals surface area contributed by atoms with Gasteiger partial charge in [-0.25, -0.2) is 4.79 Å². The Hall–Kier alpha value is -2.04. The average Bonchev–Trinajstić information content (AvgIpc) is 2.40. The number of urea groups is 1. The lowest BCUT2D eigenvalue weighted by atomic mass is 10.0. The van der Waals surface area contributed by atoms with E-state index in [9.17, 15) is 9.59 Å². The largest absolute Gasteiger partial charge is 0.481 e. The summed E-state index contributed by atoms with van der Waals surface area (Å²) in [4.78, 5) is 24.4. The first-order chi connectivity index (χ1) is 9.32. The van der Waals surface area contributed by atoms with E-state index in [2.05, 4.69) is 5.32 Å². The number of carboxylic acids is 1. The van der Waals surface area contributed by atoms with Gasteiger partial charge in [-0.15, -0.1) is 0 Å². The van der Waals surface area contributed by atoms with Gasteiger partial charge in [0.05, 0.1) is 5.92 Å². The highest BCUT2D eigenvalue weighted by molar-refractivity contribution is 5.76. The number of carbonyl (C=O) groups is 2. The molecule has 1 rings (SSSR count). The van der Waals surface area contributed by atoms with Crippen LogP contribution in [-0.4, -0.2) is 35.1 Å². The zero-order valence-electron chi connectivity index (χ0n) is 12.4. The Kier molecular flexibility index (Phi) is 5.55. The fourth-order valence-electron chi connectivity index (χ4n) is 1.76. The van der Waals surface area contributed by atoms with Crippen LogP contribution in [0.4, 0.5) is 4.79 Å². The topological polar surface area (TPSA) is 69.6 Å². The third-order valence-electron chi connectivity index (χ3n) is 3.51. The molecule has 0 bridgehead atoms. The minimum Gasteiger partial charge on any atom is -0.481 e. The monoisotopic (exact) mass is 278 g/mol. The standard InChI is InChI=1S/C15H22N2O3/c1-10-7-5-6-8-13(10)9-17(4)15(20)16-12(3)11(2)14(18)19/h5-8,11-12H,9H2,1-4H3,(H,16,20)(H,18,19). The van der Waals surface area contributed by atoms with Crippen molar-refractivity contribution in [2.24, 2.45) is 5.92 Å². The van der Waals surface area contributed by atoms with E-state index in [0.29, 0.717) is 6.54 Å². The van der Waals surface area contributed by atoms with Crippen molar-refractivity contribution in [3.8, 4) is 0 Å². The van der Waals surface area contributed by atoms with Crippen LogP contribution < -0.4 is 5.32 Å². The number of aryl methyl sites for hydroxylation is 1. The van der Waals surface area contributed by atoms with Crippen LogP contribution in [0.3, 0.4) is 0 Å². The lowest BCUT2D eigenvalue weighted by Crippen LogP contribution is -2.45. The molecule has 5 heteroatoms. The van der Waals surface area contributed by atoms with Gasteiger partial charge in [0.15, 0.2) is 0 Å². The van der Waals surface area contributed by atoms with E-state index >= 15 is 0 Å². The summed E-state index contributed by atoms with van der Waals surface area (Å²) in [5, 5.41) is 11.6. The SMILES string of the molecule is Cc1ccccc1CN(C)C(=O)NC(C)C(C)C(=O)O. The number of carboxylic acid groups (broad SMARTS) is 1. The summed E-state index contributed by atoms with van der Waals surface area (Å²) in [5.74, 6) is -1.54. The zero-order valence-corrected chi connectivity index (χ0v) is 12.4. The number of rotatable bonds is 5. The number of nitrogens with one attached hydrogen (secondary N) is 1. The summed E-state index contributed by atoms with van der Waals surface area (Å²) in [6, 6.07) is 7.17. The molecule has 0 heterocycles. The van der Waals surface area contributed by atoms with Gasteiger partial charge in [-0.05, 0) is 31.9 Å². The van der Waals surface area contributed by atoms with Crippen molar-refractivity contribution in [2.45, 2.75) is 33.4 Å². The fraction of sp³-hybridized carbons (Fsp3) is 0.467. The first-order valence-corrected chi connectivity index (χ1v) is 6.62. The van der Waals surface area contributed by atoms with Crippen LogP contribution in [0.2, 0.25) is 0 Å². The van der Waals surface area contributed by atoms with Crippen molar-refractivity contribution in [1.29, 1.82) is 0 Å². The molecule has 2 amide bonds. The van der Waals surface area contributed by atoms with Crippen molar-refractivity contribution in [2.75, 3.05) is 7.05 Å². The quantitative estimate of drug-likeness (QED) is 0.868. The van der Waals surface area contributed by atoms with Gasteiger partial charge >= 0.3 is 12.0 Å². The van der Waals surface area contributed by atoms with E-state index in [-0.39, 0.29) is 6.03 Å². The van der Waals surface area contributed by atoms with Gasteiger partial charge in [0.25, 0.3) is 0 Å². The lowest BCUT2D eigenvalue weighted by molar-refractivity contribution is -0.141. The Morgan fingerprint density at radius 3 is 2.45 bits per heavy atom. The van der Waals surface area contributed by atoms with E-state index < -0.39 is 17.9 Å². The number of benzene rings is 1. The summed E-state index contributed by atoms with van der Waals surface area (Å²) in [6.07, 6.45) is 0. The Morgan fingerprint density at radius 2 is 1.90 bits per heavy atom. The maximum Gasteiger partial charge on any atom is 0.317 e. The molecule has 2 atom stereocenters. The molecule has 20 heavy (non-hydrogen) atoms. The van der Waals surface area contributed by atoms with Crippen LogP contribution >= 0.6 is 0 Å². The molecule has 0 saturated heterocycles. The smallest absolute Gasteiger partial charge is 0.317 e. The number of carbonyl (C=O) groups excluding carboxylic acids is 1. The number of hydrogen-bond donors (Lipinski definition) is 2. The van der Waals surface area contributed by atoms with Gasteiger partial charge in [0.1, 0.15) is 0 Å². The second-order valence-corrected chi connectivity index (χ2v) is 5.15. The van der Waals surface area contributed by atoms with Crippen LogP contribution in [0.5, 0.6) is 0 Å². The summed E-state index contributed by atoms with van der Waals surface area (Å²) in [7, 11) is 1.69. The molecule has 1 aromatic carbocycles. The highest BCUT2D eigenvalue weighted by atomic mass is 16.4. The molecule has 0 aliphatic carbocycles. The maximum absolute atomic E-state index is 12.0. The van der Waals surface area contributed by atoms with Crippen molar-refractivity contribution in [1.82, 2.24) is 10.2 Å². The van der Waals surface area contributed by atoms with Crippen LogP contribution in [0, 0.1) is 12.8 Å². The molecule has 2 unspecified atom stereocenters. The van der Waals surface area contributed by atoms with Gasteiger partial charge in [0, 0.05) is 19.6 Å². The third kappa shape index (κ3) is 4.26. The number of hydrogen-bond acceptors (Lipinski definition) is 2. The molecular formula is C15H22N2O3. The zero-order chi connectivity index (χ0) is 15.3. The minimum absolute atomic E-state index is 0.270. The third-order valence-corrected chi connectivity index (χ3v) is 3.51. The first-order valence-electron chi connectivity index (χ1n) is 6.62. The number of nitrogens with zero attached hydrogens (tertiary/aromatic N) is 1. The Bertz CT molecular complexity index is 488. The molecule has 0 aliphatic rings. The van der Waals surface area contributed by atoms with Gasteiger partial charge in [-0.3, -0.25) is 4.79 Å². The van der Waals surface area contributed by atoms with E-state index in [1.165, 1.54) is 0 Å². The summed E-state index contributed by atoms with van der Waals surface area (Å²) >= 11 is 0. The van der Waals surface area contributed by atoms with E-state index in [0.717, 1.165) is 11.1 Å². The molecular weight excluding hydrogens is 256 g/mol. The maximum atomic E-state index is 12.0. The predicted octanol–water partition coefficient (Wildman–Crippen LogP) is 2.25. The van der Waals surface area contributed by atoms with Crippen molar-refractivity contribution < 1.29 is 14.7 Å². The second-order valence-electron chi connectivity index (χ2n) is 5.15. The molecule has 2 N–H and O–H groups in total. The van der Waals surface area contributed by atoms with E-state index in [1.54, 1.807) is 25.8 Å². The van der Waals surface area contributed by atoms with Crippen molar-refractivity contribution in [3.05, 3.63) is 35.4 Å². The molecule has 1 aromatic rings. The summed E-state index contributed by atoms with van der Waals surface area (Å²) in [6.45, 7) is 5.76. The van der Waals surface area contributed by atoms with Gasteiger partial charge in [-0.1, -0.05) is 24.3 Å². The van der Waals surface area contributed by atoms with E-state index in [1.807, 2.05) is 31.2 Å². The highest BCUT2D eigenvalue weighted by Crippen LogP contribution is 2.10. The molecule has 0 radical (unpaired) electrons. The molecule has 0 aromatic heterocycles. The van der Waals surface area contributed by atoms with Gasteiger partial charge in [0.2, 0.25) is 0 Å². The molecule has 0 saturated carbocycles. The molecule has 5 nitrogen and oxygen atoms in total. The first kappa shape index (κ1) is 16.0. The normalized spacial score (nSPS) is 13.4. The van der Waals surface area contributed by atoms with E-state index in [4.69, 9.17) is 5.11 Å². The summed E-state index contributed by atoms with van der Waals surface area (Å²) < 4.78 is 0. The van der Waals surface area contributed by atoms with Crippen LogP contribution in [0.15, 0.2) is 24.3 Å². The molecule has 110 valence electrons. The van der Waals surface area contributed by atoms with Gasteiger partial charge in [-0.2, -0.15) is 0 Å². The average molecular weight is 278 g/mol. The molecule has 0 spiro atoms. The fourth-order valence-corrected chi connectivity index (χ4v) is 1.76. The van der Waals surface area contributed by atoms with Gasteiger partial charge < -0.3 is 15.3 Å². The predicted molar refractivity (Wildman–Crippen MR) is 77.4 cm³/mol. The Balaban J connectivity index is 2.60. The Labute approximate surface area is 119 Å².